The van der Waals surface area contributed by atoms with Crippen LogP contribution in [0.25, 0.3) is 12.2 Å². The van der Waals surface area contributed by atoms with Crippen LogP contribution in [0.3, 0.4) is 0 Å². The van der Waals surface area contributed by atoms with Gasteiger partial charge in [-0.2, -0.15) is 4.98 Å². The molecule has 0 spiro atoms. The Morgan fingerprint density at radius 3 is 2.93 bits per heavy atom. The summed E-state index contributed by atoms with van der Waals surface area (Å²) in [6.45, 7) is 2.83. The van der Waals surface area contributed by atoms with E-state index in [0.29, 0.717) is 12.0 Å². The number of nitrogens with zero attached hydrogens (tertiary/aromatic N) is 3. The summed E-state index contributed by atoms with van der Waals surface area (Å²) in [4.78, 5) is 6.78. The zero-order chi connectivity index (χ0) is 17.8. The lowest BCUT2D eigenvalue weighted by atomic mass is 10.2. The summed E-state index contributed by atoms with van der Waals surface area (Å²) in [5.41, 5.74) is 1.07. The predicted molar refractivity (Wildman–Crippen MR) is 108 cm³/mol. The minimum atomic E-state index is 0. The first kappa shape index (κ1) is 19.9. The summed E-state index contributed by atoms with van der Waals surface area (Å²) in [6, 6.07) is 8.31. The van der Waals surface area contributed by atoms with Gasteiger partial charge in [-0.15, -0.1) is 12.4 Å². The van der Waals surface area contributed by atoms with E-state index in [-0.39, 0.29) is 18.4 Å². The van der Waals surface area contributed by atoms with Gasteiger partial charge in [-0.25, -0.2) is 0 Å². The van der Waals surface area contributed by atoms with Gasteiger partial charge in [0.2, 0.25) is 0 Å². The van der Waals surface area contributed by atoms with Gasteiger partial charge in [0.25, 0.3) is 5.89 Å². The maximum absolute atomic E-state index is 6.07. The Labute approximate surface area is 166 Å². The van der Waals surface area contributed by atoms with E-state index in [1.807, 2.05) is 30.4 Å². The number of halogens is 1. The van der Waals surface area contributed by atoms with E-state index in [4.69, 9.17) is 9.26 Å². The van der Waals surface area contributed by atoms with Crippen LogP contribution in [-0.4, -0.2) is 47.8 Å². The highest BCUT2D eigenvalue weighted by molar-refractivity contribution is 5.85. The van der Waals surface area contributed by atoms with Crippen molar-refractivity contribution in [1.82, 2.24) is 20.4 Å². The quantitative estimate of drug-likeness (QED) is 0.842. The first-order valence-electron chi connectivity index (χ1n) is 9.47. The van der Waals surface area contributed by atoms with Crippen LogP contribution in [0.2, 0.25) is 0 Å². The molecule has 4 rings (SSSR count). The van der Waals surface area contributed by atoms with E-state index in [1.54, 1.807) is 0 Å². The molecule has 6 nitrogen and oxygen atoms in total. The van der Waals surface area contributed by atoms with Crippen molar-refractivity contribution < 1.29 is 9.26 Å². The number of rotatable bonds is 5. The van der Waals surface area contributed by atoms with Crippen LogP contribution >= 0.6 is 12.4 Å². The Balaban J connectivity index is 0.00000210. The highest BCUT2D eigenvalue weighted by Crippen LogP contribution is 2.25. The summed E-state index contributed by atoms with van der Waals surface area (Å²) in [6.07, 6.45) is 9.09. The lowest BCUT2D eigenvalue weighted by molar-refractivity contribution is 0.190. The van der Waals surface area contributed by atoms with Crippen LogP contribution in [-0.2, 0) is 0 Å². The molecular weight excluding hydrogens is 364 g/mol. The summed E-state index contributed by atoms with van der Waals surface area (Å²) >= 11 is 0. The zero-order valence-electron chi connectivity index (χ0n) is 15.6. The highest BCUT2D eigenvalue weighted by Gasteiger charge is 2.24. The van der Waals surface area contributed by atoms with Gasteiger partial charge in [0, 0.05) is 25.7 Å². The normalized spacial score (nSPS) is 21.4. The minimum absolute atomic E-state index is 0. The van der Waals surface area contributed by atoms with Crippen molar-refractivity contribution in [3.05, 3.63) is 41.5 Å². The standard InChI is InChI=1S/C20H26N4O2.ClH/c1-24-12-11-21-14-18(24)20-22-19(26-23-20)10-9-15-5-4-8-17(13-15)25-16-6-2-3-7-16;/h4-5,8-10,13,16,18,21H,2-3,6-7,11-12,14H2,1H3;1H/b10-9+;. The lowest BCUT2D eigenvalue weighted by Crippen LogP contribution is -2.44. The van der Waals surface area contributed by atoms with Crippen LogP contribution in [0.15, 0.2) is 28.8 Å². The van der Waals surface area contributed by atoms with Crippen molar-refractivity contribution in [2.24, 2.45) is 0 Å². The number of hydrogen-bond donors (Lipinski definition) is 1. The van der Waals surface area contributed by atoms with Crippen LogP contribution in [0.5, 0.6) is 5.75 Å². The third-order valence-electron chi connectivity index (χ3n) is 5.15. The molecule has 1 aromatic heterocycles. The number of likely N-dealkylation sites (N-methyl/N-ethyl adjacent to an activating group) is 1. The second kappa shape index (κ2) is 9.35. The molecular formula is C20H27ClN4O2. The Morgan fingerprint density at radius 1 is 1.26 bits per heavy atom. The van der Waals surface area contributed by atoms with Gasteiger partial charge in [-0.05, 0) is 56.5 Å². The molecule has 1 atom stereocenters. The molecule has 1 unspecified atom stereocenters. The molecule has 1 aliphatic carbocycles. The molecule has 27 heavy (non-hydrogen) atoms. The van der Waals surface area contributed by atoms with E-state index in [9.17, 15) is 0 Å². The molecule has 0 radical (unpaired) electrons. The number of ether oxygens (including phenoxy) is 1. The first-order chi connectivity index (χ1) is 12.8. The number of hydrogen-bond acceptors (Lipinski definition) is 6. The average Bonchev–Trinajstić information content (AvgIpc) is 3.33. The van der Waals surface area contributed by atoms with E-state index < -0.39 is 0 Å². The first-order valence-corrected chi connectivity index (χ1v) is 9.47. The van der Waals surface area contributed by atoms with Gasteiger partial charge in [-0.1, -0.05) is 17.3 Å². The Bertz CT molecular complexity index is 758. The van der Waals surface area contributed by atoms with Gasteiger partial charge in [0.15, 0.2) is 5.82 Å². The maximum Gasteiger partial charge on any atom is 0.250 e. The molecule has 1 saturated heterocycles. The molecule has 2 heterocycles. The molecule has 2 aromatic rings. The Hall–Kier alpha value is -1.89. The van der Waals surface area contributed by atoms with Crippen molar-refractivity contribution in [3.8, 4) is 5.75 Å². The molecule has 2 fully saturated rings. The molecule has 7 heteroatoms. The fraction of sp³-hybridized carbons (Fsp3) is 0.500. The predicted octanol–water partition coefficient (Wildman–Crippen LogP) is 3.56. The smallest absolute Gasteiger partial charge is 0.250 e. The molecule has 1 N–H and O–H groups in total. The largest absolute Gasteiger partial charge is 0.490 e. The monoisotopic (exact) mass is 390 g/mol. The Morgan fingerprint density at radius 2 is 2.11 bits per heavy atom. The minimum Gasteiger partial charge on any atom is -0.490 e. The van der Waals surface area contributed by atoms with Gasteiger partial charge >= 0.3 is 0 Å². The Kier molecular flexibility index (Phi) is 6.88. The van der Waals surface area contributed by atoms with Crippen LogP contribution < -0.4 is 10.1 Å². The molecule has 1 saturated carbocycles. The summed E-state index contributed by atoms with van der Waals surface area (Å²) < 4.78 is 11.5. The molecule has 0 amide bonds. The SMILES string of the molecule is CN1CCNCC1c1noc(/C=C/c2cccc(OC3CCCC3)c2)n1.Cl. The fourth-order valence-electron chi connectivity index (χ4n) is 3.60. The summed E-state index contributed by atoms with van der Waals surface area (Å²) in [5, 5.41) is 7.52. The summed E-state index contributed by atoms with van der Waals surface area (Å²) in [5.74, 6) is 2.19. The number of aromatic nitrogens is 2. The number of nitrogens with one attached hydrogen (secondary N) is 1. The van der Waals surface area contributed by atoms with Crippen LogP contribution in [0, 0.1) is 0 Å². The molecule has 0 bridgehead atoms. The van der Waals surface area contributed by atoms with Gasteiger partial charge in [-0.3, -0.25) is 4.90 Å². The van der Waals surface area contributed by atoms with Crippen molar-refractivity contribution in [3.63, 3.8) is 0 Å². The van der Waals surface area contributed by atoms with Crippen molar-refractivity contribution >= 4 is 24.6 Å². The van der Waals surface area contributed by atoms with E-state index in [2.05, 4.69) is 33.5 Å². The molecule has 2 aliphatic rings. The van der Waals surface area contributed by atoms with Crippen LogP contribution in [0.1, 0.15) is 49.0 Å². The van der Waals surface area contributed by atoms with Crippen molar-refractivity contribution in [2.75, 3.05) is 26.7 Å². The maximum atomic E-state index is 6.07. The molecule has 1 aliphatic heterocycles. The van der Waals surface area contributed by atoms with Crippen LogP contribution in [0.4, 0.5) is 0 Å². The number of benzene rings is 1. The second-order valence-electron chi connectivity index (χ2n) is 7.12. The van der Waals surface area contributed by atoms with E-state index in [0.717, 1.165) is 49.6 Å². The fourth-order valence-corrected chi connectivity index (χ4v) is 3.60. The zero-order valence-corrected chi connectivity index (χ0v) is 16.5. The third kappa shape index (κ3) is 5.09. The van der Waals surface area contributed by atoms with Gasteiger partial charge in [0.1, 0.15) is 5.75 Å². The summed E-state index contributed by atoms with van der Waals surface area (Å²) in [7, 11) is 2.09. The average molecular weight is 391 g/mol. The number of piperazine rings is 1. The van der Waals surface area contributed by atoms with Crippen molar-refractivity contribution in [1.29, 1.82) is 0 Å². The third-order valence-corrected chi connectivity index (χ3v) is 5.15. The molecule has 146 valence electrons. The topological polar surface area (TPSA) is 63.4 Å². The highest BCUT2D eigenvalue weighted by atomic mass is 35.5. The van der Waals surface area contributed by atoms with Gasteiger partial charge in [0.05, 0.1) is 12.1 Å². The van der Waals surface area contributed by atoms with E-state index >= 15 is 0 Å². The van der Waals surface area contributed by atoms with E-state index in [1.165, 1.54) is 12.8 Å². The molecule has 1 aromatic carbocycles. The lowest BCUT2D eigenvalue weighted by Gasteiger charge is -2.30. The van der Waals surface area contributed by atoms with Crippen molar-refractivity contribution in [2.45, 2.75) is 37.8 Å². The van der Waals surface area contributed by atoms with Gasteiger partial charge < -0.3 is 14.6 Å². The second-order valence-corrected chi connectivity index (χ2v) is 7.12.